The van der Waals surface area contributed by atoms with Crippen molar-refractivity contribution in [2.24, 2.45) is 5.92 Å². The van der Waals surface area contributed by atoms with E-state index < -0.39 is 0 Å². The van der Waals surface area contributed by atoms with Gasteiger partial charge in [0.15, 0.2) is 0 Å². The molecule has 2 saturated heterocycles. The Morgan fingerprint density at radius 1 is 1.06 bits per heavy atom. The van der Waals surface area contributed by atoms with Gasteiger partial charge in [-0.2, -0.15) is 0 Å². The van der Waals surface area contributed by atoms with Gasteiger partial charge in [0.2, 0.25) is 11.8 Å². The Hall–Kier alpha value is -2.86. The van der Waals surface area contributed by atoms with Crippen molar-refractivity contribution >= 4 is 33.6 Å². The molecule has 0 spiro atoms. The Morgan fingerprint density at radius 3 is 2.77 bits per heavy atom. The van der Waals surface area contributed by atoms with Crippen LogP contribution < -0.4 is 10.1 Å². The fraction of sp³-hybridized carbons (Fsp3) is 0.440. The zero-order valence-corrected chi connectivity index (χ0v) is 17.5. The number of benzene rings is 2. The van der Waals surface area contributed by atoms with Crippen LogP contribution in [0, 0.1) is 5.92 Å². The SMILES string of the molecule is O=C1CCC(c2coc3ccc4cc(OCCCC5CCOCC5)ccc4c23)C(=O)N1. The second-order valence-corrected chi connectivity index (χ2v) is 8.56. The molecule has 31 heavy (non-hydrogen) atoms. The smallest absolute Gasteiger partial charge is 0.234 e. The van der Waals surface area contributed by atoms with Crippen molar-refractivity contribution in [3.05, 3.63) is 42.2 Å². The number of hydrogen-bond donors (Lipinski definition) is 1. The molecule has 1 atom stereocenters. The minimum Gasteiger partial charge on any atom is -0.494 e. The highest BCUT2D eigenvalue weighted by Gasteiger charge is 2.31. The van der Waals surface area contributed by atoms with E-state index in [2.05, 4.69) is 5.32 Å². The Balaban J connectivity index is 1.33. The lowest BCUT2D eigenvalue weighted by molar-refractivity contribution is -0.134. The van der Waals surface area contributed by atoms with Gasteiger partial charge in [0.05, 0.1) is 18.8 Å². The van der Waals surface area contributed by atoms with Gasteiger partial charge in [0, 0.05) is 30.6 Å². The Morgan fingerprint density at radius 2 is 1.94 bits per heavy atom. The van der Waals surface area contributed by atoms with E-state index in [4.69, 9.17) is 13.9 Å². The van der Waals surface area contributed by atoms with Crippen LogP contribution in [0.25, 0.3) is 21.7 Å². The number of furan rings is 1. The first-order valence-electron chi connectivity index (χ1n) is 11.2. The molecule has 2 amide bonds. The molecule has 2 aliphatic heterocycles. The van der Waals surface area contributed by atoms with Crippen LogP contribution in [0.2, 0.25) is 0 Å². The van der Waals surface area contributed by atoms with Crippen molar-refractivity contribution < 1.29 is 23.5 Å². The second-order valence-electron chi connectivity index (χ2n) is 8.56. The molecule has 0 saturated carbocycles. The molecule has 5 rings (SSSR count). The van der Waals surface area contributed by atoms with Gasteiger partial charge in [-0.25, -0.2) is 0 Å². The van der Waals surface area contributed by atoms with Gasteiger partial charge >= 0.3 is 0 Å². The molecule has 1 aromatic heterocycles. The summed E-state index contributed by atoms with van der Waals surface area (Å²) in [4.78, 5) is 23.9. The first kappa shape index (κ1) is 20.1. The Kier molecular flexibility index (Phi) is 5.64. The Labute approximate surface area is 180 Å². The minimum absolute atomic E-state index is 0.211. The largest absolute Gasteiger partial charge is 0.494 e. The van der Waals surface area contributed by atoms with E-state index in [1.54, 1.807) is 6.26 Å². The molecule has 1 N–H and O–H groups in total. The van der Waals surface area contributed by atoms with E-state index >= 15 is 0 Å². The van der Waals surface area contributed by atoms with E-state index in [0.29, 0.717) is 19.4 Å². The highest BCUT2D eigenvalue weighted by Crippen LogP contribution is 2.37. The number of rotatable bonds is 6. The monoisotopic (exact) mass is 421 g/mol. The predicted octanol–water partition coefficient (Wildman–Crippen LogP) is 4.69. The summed E-state index contributed by atoms with van der Waals surface area (Å²) in [6.45, 7) is 2.48. The molecule has 2 aliphatic rings. The zero-order valence-electron chi connectivity index (χ0n) is 17.5. The minimum atomic E-state index is -0.370. The van der Waals surface area contributed by atoms with E-state index in [1.165, 1.54) is 6.42 Å². The number of imide groups is 1. The van der Waals surface area contributed by atoms with Crippen molar-refractivity contribution in [2.45, 2.75) is 44.4 Å². The van der Waals surface area contributed by atoms with Crippen LogP contribution in [0.1, 0.15) is 50.0 Å². The van der Waals surface area contributed by atoms with Gasteiger partial charge < -0.3 is 13.9 Å². The molecular weight excluding hydrogens is 394 g/mol. The lowest BCUT2D eigenvalue weighted by atomic mass is 9.89. The number of ether oxygens (including phenoxy) is 2. The van der Waals surface area contributed by atoms with E-state index in [-0.39, 0.29) is 17.7 Å². The summed E-state index contributed by atoms with van der Waals surface area (Å²) in [7, 11) is 0. The molecule has 3 aromatic rings. The van der Waals surface area contributed by atoms with Crippen LogP contribution in [-0.2, 0) is 14.3 Å². The lowest BCUT2D eigenvalue weighted by Gasteiger charge is -2.21. The van der Waals surface area contributed by atoms with Gasteiger partial charge in [-0.05, 0) is 73.1 Å². The van der Waals surface area contributed by atoms with Crippen LogP contribution in [0.4, 0.5) is 0 Å². The van der Waals surface area contributed by atoms with Crippen LogP contribution in [0.15, 0.2) is 41.0 Å². The predicted molar refractivity (Wildman–Crippen MR) is 117 cm³/mol. The Bertz CT molecular complexity index is 1110. The highest BCUT2D eigenvalue weighted by molar-refractivity contribution is 6.10. The summed E-state index contributed by atoms with van der Waals surface area (Å²) >= 11 is 0. The quantitative estimate of drug-likeness (QED) is 0.461. The van der Waals surface area contributed by atoms with Crippen molar-refractivity contribution in [3.63, 3.8) is 0 Å². The molecule has 2 fully saturated rings. The summed E-state index contributed by atoms with van der Waals surface area (Å²) in [5, 5.41) is 5.46. The van der Waals surface area contributed by atoms with Gasteiger partial charge in [0.1, 0.15) is 11.3 Å². The van der Waals surface area contributed by atoms with Crippen molar-refractivity contribution in [1.82, 2.24) is 5.32 Å². The molecule has 2 aromatic carbocycles. The van der Waals surface area contributed by atoms with E-state index in [1.807, 2.05) is 30.3 Å². The molecule has 0 aliphatic carbocycles. The van der Waals surface area contributed by atoms with Crippen molar-refractivity contribution in [3.8, 4) is 5.75 Å². The van der Waals surface area contributed by atoms with Crippen LogP contribution in [0.5, 0.6) is 5.75 Å². The first-order chi connectivity index (χ1) is 15.2. The van der Waals surface area contributed by atoms with Gasteiger partial charge in [-0.3, -0.25) is 14.9 Å². The van der Waals surface area contributed by atoms with E-state index in [0.717, 1.165) is 71.4 Å². The van der Waals surface area contributed by atoms with Crippen molar-refractivity contribution in [2.75, 3.05) is 19.8 Å². The van der Waals surface area contributed by atoms with Crippen LogP contribution in [0.3, 0.4) is 0 Å². The fourth-order valence-electron chi connectivity index (χ4n) is 4.80. The molecule has 3 heterocycles. The van der Waals surface area contributed by atoms with Gasteiger partial charge in [-0.15, -0.1) is 0 Å². The number of hydrogen-bond acceptors (Lipinski definition) is 5. The van der Waals surface area contributed by atoms with Crippen LogP contribution in [-0.4, -0.2) is 31.6 Å². The fourth-order valence-corrected chi connectivity index (χ4v) is 4.80. The molecule has 162 valence electrons. The molecule has 1 unspecified atom stereocenters. The van der Waals surface area contributed by atoms with Crippen molar-refractivity contribution in [1.29, 1.82) is 0 Å². The third-order valence-corrected chi connectivity index (χ3v) is 6.54. The average molecular weight is 421 g/mol. The van der Waals surface area contributed by atoms with Crippen LogP contribution >= 0.6 is 0 Å². The molecule has 0 radical (unpaired) electrons. The third kappa shape index (κ3) is 4.17. The standard InChI is InChI=1S/C25H27NO5/c27-23-8-6-20(25(28)26-23)21-15-31-22-7-3-17-14-18(4-5-19(17)24(21)22)30-11-1-2-16-9-12-29-13-10-16/h3-5,7,14-16,20H,1-2,6,8-13H2,(H,26,27,28). The van der Waals surface area contributed by atoms with Gasteiger partial charge in [0.25, 0.3) is 0 Å². The molecule has 6 heteroatoms. The summed E-state index contributed by atoms with van der Waals surface area (Å²) in [6, 6.07) is 10.0. The first-order valence-corrected chi connectivity index (χ1v) is 11.2. The number of amides is 2. The maximum atomic E-state index is 12.4. The number of carbonyl (C=O) groups excluding carboxylic acids is 2. The zero-order chi connectivity index (χ0) is 21.2. The number of piperidine rings is 1. The summed E-state index contributed by atoms with van der Waals surface area (Å²) in [6.07, 6.45) is 7.05. The lowest BCUT2D eigenvalue weighted by Crippen LogP contribution is -2.39. The number of carbonyl (C=O) groups is 2. The second kappa shape index (κ2) is 8.71. The molecule has 6 nitrogen and oxygen atoms in total. The summed E-state index contributed by atoms with van der Waals surface area (Å²) in [5.74, 6) is 0.780. The average Bonchev–Trinajstić information content (AvgIpc) is 3.21. The maximum Gasteiger partial charge on any atom is 0.234 e. The highest BCUT2D eigenvalue weighted by atomic mass is 16.5. The topological polar surface area (TPSA) is 77.8 Å². The number of fused-ring (bicyclic) bond motifs is 3. The summed E-state index contributed by atoms with van der Waals surface area (Å²) < 4.78 is 17.2. The number of nitrogens with one attached hydrogen (secondary N) is 1. The maximum absolute atomic E-state index is 12.4. The van der Waals surface area contributed by atoms with Gasteiger partial charge in [-0.1, -0.05) is 6.07 Å². The van der Waals surface area contributed by atoms with E-state index in [9.17, 15) is 9.59 Å². The normalized spacial score (nSPS) is 20.3. The molecule has 0 bridgehead atoms. The summed E-state index contributed by atoms with van der Waals surface area (Å²) in [5.41, 5.74) is 1.59. The molecular formula is C25H27NO5. The third-order valence-electron chi connectivity index (χ3n) is 6.54.